The molecular weight excluding hydrogens is 244 g/mol. The quantitative estimate of drug-likeness (QED) is 0.812. The van der Waals surface area contributed by atoms with Crippen LogP contribution in [0.2, 0.25) is 0 Å². The van der Waals surface area contributed by atoms with Crippen molar-refractivity contribution in [2.24, 2.45) is 5.41 Å². The smallest absolute Gasteiger partial charge is 0.250 e. The summed E-state index contributed by atoms with van der Waals surface area (Å²) >= 11 is 1.23. The molecule has 0 radical (unpaired) electrons. The van der Waals surface area contributed by atoms with Crippen molar-refractivity contribution in [2.45, 2.75) is 18.1 Å². The van der Waals surface area contributed by atoms with Crippen molar-refractivity contribution in [3.05, 3.63) is 17.5 Å². The Hall–Kier alpha value is -0.430. The highest BCUT2D eigenvalue weighted by molar-refractivity contribution is 7.91. The minimum atomic E-state index is -3.33. The highest BCUT2D eigenvalue weighted by Gasteiger charge is 2.22. The lowest BCUT2D eigenvalue weighted by molar-refractivity contribution is 0.351. The van der Waals surface area contributed by atoms with Crippen molar-refractivity contribution in [1.82, 2.24) is 10.0 Å². The van der Waals surface area contributed by atoms with E-state index >= 15 is 0 Å². The van der Waals surface area contributed by atoms with Crippen molar-refractivity contribution in [3.8, 4) is 0 Å². The third kappa shape index (κ3) is 3.86. The van der Waals surface area contributed by atoms with E-state index in [2.05, 4.69) is 10.0 Å². The van der Waals surface area contributed by atoms with Gasteiger partial charge in [-0.2, -0.15) is 0 Å². The first-order valence-electron chi connectivity index (χ1n) is 5.05. The van der Waals surface area contributed by atoms with Crippen molar-refractivity contribution in [3.63, 3.8) is 0 Å². The number of thiophene rings is 1. The Labute approximate surface area is 101 Å². The van der Waals surface area contributed by atoms with Crippen LogP contribution >= 0.6 is 11.3 Å². The summed E-state index contributed by atoms with van der Waals surface area (Å²) in [6, 6.07) is 3.34. The maximum absolute atomic E-state index is 11.8. The summed E-state index contributed by atoms with van der Waals surface area (Å²) in [5, 5.41) is 4.80. The highest BCUT2D eigenvalue weighted by Crippen LogP contribution is 2.17. The molecule has 0 aliphatic rings. The number of hydrogen-bond acceptors (Lipinski definition) is 4. The zero-order chi connectivity index (χ0) is 12.2. The van der Waals surface area contributed by atoms with Gasteiger partial charge in [-0.3, -0.25) is 0 Å². The van der Waals surface area contributed by atoms with Crippen LogP contribution in [0.25, 0.3) is 0 Å². The van der Waals surface area contributed by atoms with E-state index in [0.717, 1.165) is 6.54 Å². The van der Waals surface area contributed by atoms with E-state index in [1.807, 2.05) is 20.9 Å². The molecule has 0 aliphatic carbocycles. The van der Waals surface area contributed by atoms with Gasteiger partial charge in [0.1, 0.15) is 4.21 Å². The number of nitrogens with one attached hydrogen (secondary N) is 2. The van der Waals surface area contributed by atoms with Crippen molar-refractivity contribution >= 4 is 21.4 Å². The van der Waals surface area contributed by atoms with E-state index in [0.29, 0.717) is 10.8 Å². The van der Waals surface area contributed by atoms with Crippen LogP contribution in [0.1, 0.15) is 13.8 Å². The third-order valence-electron chi connectivity index (χ3n) is 2.16. The van der Waals surface area contributed by atoms with Crippen molar-refractivity contribution in [1.29, 1.82) is 0 Å². The van der Waals surface area contributed by atoms with Gasteiger partial charge in [-0.25, -0.2) is 13.1 Å². The van der Waals surface area contributed by atoms with Crippen LogP contribution in [0.5, 0.6) is 0 Å². The van der Waals surface area contributed by atoms with Crippen LogP contribution in [-0.2, 0) is 10.0 Å². The van der Waals surface area contributed by atoms with Crippen LogP contribution in [0.4, 0.5) is 0 Å². The summed E-state index contributed by atoms with van der Waals surface area (Å²) in [4.78, 5) is 0. The second-order valence-electron chi connectivity index (χ2n) is 4.45. The molecule has 16 heavy (non-hydrogen) atoms. The predicted molar refractivity (Wildman–Crippen MR) is 67.2 cm³/mol. The molecular formula is C10H18N2O2S2. The second-order valence-corrected chi connectivity index (χ2v) is 7.39. The molecule has 0 saturated heterocycles. The van der Waals surface area contributed by atoms with E-state index in [4.69, 9.17) is 0 Å². The Bertz CT molecular complexity index is 410. The van der Waals surface area contributed by atoms with Crippen LogP contribution in [0.15, 0.2) is 21.7 Å². The first-order valence-corrected chi connectivity index (χ1v) is 7.41. The lowest BCUT2D eigenvalue weighted by Gasteiger charge is -2.24. The van der Waals surface area contributed by atoms with Gasteiger partial charge in [0.15, 0.2) is 0 Å². The normalized spacial score (nSPS) is 12.9. The Morgan fingerprint density at radius 2 is 2.06 bits per heavy atom. The van der Waals surface area contributed by atoms with Gasteiger partial charge in [0, 0.05) is 13.1 Å². The Balaban J connectivity index is 2.62. The van der Waals surface area contributed by atoms with Crippen LogP contribution in [-0.4, -0.2) is 28.6 Å². The maximum atomic E-state index is 11.8. The molecule has 0 bridgehead atoms. The number of hydrogen-bond donors (Lipinski definition) is 2. The molecule has 1 heterocycles. The summed E-state index contributed by atoms with van der Waals surface area (Å²) in [6.45, 7) is 5.22. The lowest BCUT2D eigenvalue weighted by Crippen LogP contribution is -2.39. The minimum Gasteiger partial charge on any atom is -0.319 e. The molecule has 0 unspecified atom stereocenters. The van der Waals surface area contributed by atoms with Gasteiger partial charge in [-0.1, -0.05) is 19.9 Å². The van der Waals surface area contributed by atoms with Gasteiger partial charge in [-0.15, -0.1) is 11.3 Å². The Morgan fingerprint density at radius 1 is 1.38 bits per heavy atom. The zero-order valence-corrected chi connectivity index (χ0v) is 11.4. The molecule has 2 N–H and O–H groups in total. The maximum Gasteiger partial charge on any atom is 0.250 e. The summed E-state index contributed by atoms with van der Waals surface area (Å²) in [5.74, 6) is 0. The molecule has 0 fully saturated rings. The van der Waals surface area contributed by atoms with Gasteiger partial charge < -0.3 is 5.32 Å². The molecule has 0 aromatic carbocycles. The molecule has 6 heteroatoms. The largest absolute Gasteiger partial charge is 0.319 e. The SMILES string of the molecule is CNCC(C)(C)CNS(=O)(=O)c1cccs1. The molecule has 4 nitrogen and oxygen atoms in total. The number of sulfonamides is 1. The predicted octanol–water partition coefficient (Wildman–Crippen LogP) is 1.27. The fraction of sp³-hybridized carbons (Fsp3) is 0.600. The van der Waals surface area contributed by atoms with E-state index in [9.17, 15) is 8.42 Å². The fourth-order valence-electron chi connectivity index (χ4n) is 1.32. The molecule has 1 aromatic heterocycles. The van der Waals surface area contributed by atoms with Crippen molar-refractivity contribution < 1.29 is 8.42 Å². The minimum absolute atomic E-state index is 0.0981. The standard InChI is InChI=1S/C10H18N2O2S2/c1-10(2,7-11-3)8-12-16(13,14)9-5-4-6-15-9/h4-6,11-12H,7-8H2,1-3H3. The van der Waals surface area contributed by atoms with Gasteiger partial charge in [0.05, 0.1) is 0 Å². The van der Waals surface area contributed by atoms with E-state index < -0.39 is 10.0 Å². The molecule has 92 valence electrons. The van der Waals surface area contributed by atoms with Crippen LogP contribution < -0.4 is 10.0 Å². The molecule has 0 saturated carbocycles. The van der Waals surface area contributed by atoms with E-state index in [-0.39, 0.29) is 5.41 Å². The molecule has 0 atom stereocenters. The zero-order valence-electron chi connectivity index (χ0n) is 9.78. The Kier molecular flexibility index (Phi) is 4.49. The van der Waals surface area contributed by atoms with E-state index in [1.54, 1.807) is 17.5 Å². The molecule has 1 rings (SSSR count). The lowest BCUT2D eigenvalue weighted by atomic mass is 9.94. The Morgan fingerprint density at radius 3 is 2.56 bits per heavy atom. The molecule has 0 aliphatic heterocycles. The summed E-state index contributed by atoms with van der Waals surface area (Å²) < 4.78 is 26.6. The van der Waals surface area contributed by atoms with Gasteiger partial charge in [0.25, 0.3) is 0 Å². The van der Waals surface area contributed by atoms with Crippen LogP contribution in [0, 0.1) is 5.41 Å². The average Bonchev–Trinajstić information content (AvgIpc) is 2.68. The first kappa shape index (κ1) is 13.6. The van der Waals surface area contributed by atoms with E-state index in [1.165, 1.54) is 11.3 Å². The molecule has 0 spiro atoms. The average molecular weight is 262 g/mol. The van der Waals surface area contributed by atoms with Gasteiger partial charge in [0.2, 0.25) is 10.0 Å². The topological polar surface area (TPSA) is 58.2 Å². The van der Waals surface area contributed by atoms with Gasteiger partial charge in [-0.05, 0) is 23.9 Å². The summed E-state index contributed by atoms with van der Waals surface area (Å²) in [7, 11) is -1.47. The highest BCUT2D eigenvalue weighted by atomic mass is 32.2. The van der Waals surface area contributed by atoms with Gasteiger partial charge >= 0.3 is 0 Å². The molecule has 0 amide bonds. The van der Waals surface area contributed by atoms with Crippen LogP contribution in [0.3, 0.4) is 0 Å². The summed E-state index contributed by atoms with van der Waals surface area (Å²) in [5.41, 5.74) is -0.0981. The summed E-state index contributed by atoms with van der Waals surface area (Å²) in [6.07, 6.45) is 0. The first-order chi connectivity index (χ1) is 7.37. The second kappa shape index (κ2) is 5.27. The van der Waals surface area contributed by atoms with Crippen molar-refractivity contribution in [2.75, 3.05) is 20.1 Å². The number of rotatable bonds is 6. The fourth-order valence-corrected chi connectivity index (χ4v) is 3.60. The third-order valence-corrected chi connectivity index (χ3v) is 4.95. The molecule has 1 aromatic rings. The monoisotopic (exact) mass is 262 g/mol.